The van der Waals surface area contributed by atoms with Crippen LogP contribution in [-0.2, 0) is 6.54 Å². The monoisotopic (exact) mass is 205 g/mol. The van der Waals surface area contributed by atoms with Crippen LogP contribution in [0.1, 0.15) is 18.4 Å². The molecule has 0 spiro atoms. The maximum absolute atomic E-state index is 4.42. The van der Waals surface area contributed by atoms with Crippen molar-refractivity contribution in [1.29, 1.82) is 0 Å². The summed E-state index contributed by atoms with van der Waals surface area (Å²) in [7, 11) is 4.03. The fourth-order valence-electron chi connectivity index (χ4n) is 1.97. The molecule has 0 amide bonds. The Labute approximate surface area is 91.7 Å². The van der Waals surface area contributed by atoms with Crippen LogP contribution in [0.2, 0.25) is 0 Å². The average Bonchev–Trinajstić information content (AvgIpc) is 2.71. The SMILES string of the molecule is CN(C)c1ccc(CN2CCCC2)cn1. The van der Waals surface area contributed by atoms with E-state index in [0.29, 0.717) is 0 Å². The van der Waals surface area contributed by atoms with E-state index >= 15 is 0 Å². The van der Waals surface area contributed by atoms with Gasteiger partial charge >= 0.3 is 0 Å². The molecule has 0 bridgehead atoms. The van der Waals surface area contributed by atoms with Gasteiger partial charge in [-0.15, -0.1) is 0 Å². The fourth-order valence-corrected chi connectivity index (χ4v) is 1.97. The number of hydrogen-bond donors (Lipinski definition) is 0. The van der Waals surface area contributed by atoms with Crippen molar-refractivity contribution in [3.63, 3.8) is 0 Å². The molecule has 3 nitrogen and oxygen atoms in total. The summed E-state index contributed by atoms with van der Waals surface area (Å²) in [6.07, 6.45) is 4.69. The molecule has 15 heavy (non-hydrogen) atoms. The summed E-state index contributed by atoms with van der Waals surface area (Å²) in [5.41, 5.74) is 1.32. The molecule has 1 aromatic heterocycles. The Hall–Kier alpha value is -1.09. The van der Waals surface area contributed by atoms with E-state index in [1.165, 1.54) is 31.5 Å². The lowest BCUT2D eigenvalue weighted by Crippen LogP contribution is -2.18. The molecule has 1 aliphatic rings. The first-order valence-electron chi connectivity index (χ1n) is 5.60. The highest BCUT2D eigenvalue weighted by Crippen LogP contribution is 2.13. The standard InChI is InChI=1S/C12H19N3/c1-14(2)12-6-5-11(9-13-12)10-15-7-3-4-8-15/h5-6,9H,3-4,7-8,10H2,1-2H3. The van der Waals surface area contributed by atoms with Crippen LogP contribution in [-0.4, -0.2) is 37.1 Å². The first kappa shape index (κ1) is 10.4. The van der Waals surface area contributed by atoms with Gasteiger partial charge in [0.2, 0.25) is 0 Å². The molecule has 3 heteroatoms. The number of rotatable bonds is 3. The number of aromatic nitrogens is 1. The number of pyridine rings is 1. The van der Waals surface area contributed by atoms with Crippen LogP contribution in [0.5, 0.6) is 0 Å². The van der Waals surface area contributed by atoms with Crippen LogP contribution in [0, 0.1) is 0 Å². The average molecular weight is 205 g/mol. The van der Waals surface area contributed by atoms with E-state index in [2.05, 4.69) is 22.0 Å². The molecule has 0 saturated carbocycles. The molecule has 0 atom stereocenters. The Kier molecular flexibility index (Phi) is 3.21. The minimum Gasteiger partial charge on any atom is -0.363 e. The van der Waals surface area contributed by atoms with E-state index in [1.54, 1.807) is 0 Å². The summed E-state index contributed by atoms with van der Waals surface area (Å²) < 4.78 is 0. The van der Waals surface area contributed by atoms with Gasteiger partial charge in [0, 0.05) is 26.8 Å². The normalized spacial score (nSPS) is 16.9. The van der Waals surface area contributed by atoms with Crippen molar-refractivity contribution >= 4 is 5.82 Å². The summed E-state index contributed by atoms with van der Waals surface area (Å²) in [4.78, 5) is 8.94. The van der Waals surface area contributed by atoms with Gasteiger partial charge in [-0.3, -0.25) is 4.90 Å². The third kappa shape index (κ3) is 2.69. The Morgan fingerprint density at radius 1 is 1.27 bits per heavy atom. The van der Waals surface area contributed by atoms with Gasteiger partial charge in [0.25, 0.3) is 0 Å². The molecule has 1 aromatic rings. The summed E-state index contributed by atoms with van der Waals surface area (Å²) in [6, 6.07) is 4.27. The van der Waals surface area contributed by atoms with Gasteiger partial charge in [-0.05, 0) is 37.6 Å². The Bertz CT molecular complexity index is 299. The minimum absolute atomic E-state index is 1.03. The number of anilines is 1. The zero-order chi connectivity index (χ0) is 10.7. The molecule has 1 aliphatic heterocycles. The maximum atomic E-state index is 4.42. The second-order valence-corrected chi connectivity index (χ2v) is 4.40. The zero-order valence-electron chi connectivity index (χ0n) is 9.61. The van der Waals surface area contributed by atoms with Gasteiger partial charge in [-0.1, -0.05) is 6.07 Å². The van der Waals surface area contributed by atoms with Crippen LogP contribution < -0.4 is 4.90 Å². The van der Waals surface area contributed by atoms with Gasteiger partial charge in [-0.2, -0.15) is 0 Å². The predicted octanol–water partition coefficient (Wildman–Crippen LogP) is 1.74. The summed E-state index contributed by atoms with van der Waals surface area (Å²) in [5.74, 6) is 1.03. The van der Waals surface area contributed by atoms with E-state index in [-0.39, 0.29) is 0 Å². The highest BCUT2D eigenvalue weighted by atomic mass is 15.1. The van der Waals surface area contributed by atoms with Crippen molar-refractivity contribution < 1.29 is 0 Å². The summed E-state index contributed by atoms with van der Waals surface area (Å²) >= 11 is 0. The topological polar surface area (TPSA) is 19.4 Å². The molecule has 82 valence electrons. The second kappa shape index (κ2) is 4.62. The Balaban J connectivity index is 1.97. The van der Waals surface area contributed by atoms with Crippen molar-refractivity contribution in [3.05, 3.63) is 23.9 Å². The molecule has 1 saturated heterocycles. The van der Waals surface area contributed by atoms with E-state index in [9.17, 15) is 0 Å². The first-order chi connectivity index (χ1) is 7.25. The van der Waals surface area contributed by atoms with Gasteiger partial charge in [-0.25, -0.2) is 4.98 Å². The van der Waals surface area contributed by atoms with Crippen LogP contribution in [0.15, 0.2) is 18.3 Å². The maximum Gasteiger partial charge on any atom is 0.127 e. The smallest absolute Gasteiger partial charge is 0.127 e. The number of nitrogens with zero attached hydrogens (tertiary/aromatic N) is 3. The Morgan fingerprint density at radius 2 is 2.00 bits per heavy atom. The molecular weight excluding hydrogens is 186 g/mol. The lowest BCUT2D eigenvalue weighted by atomic mass is 10.2. The van der Waals surface area contributed by atoms with Gasteiger partial charge < -0.3 is 4.90 Å². The highest BCUT2D eigenvalue weighted by Gasteiger charge is 2.11. The van der Waals surface area contributed by atoms with Gasteiger partial charge in [0.15, 0.2) is 0 Å². The molecule has 0 radical (unpaired) electrons. The molecule has 0 aliphatic carbocycles. The highest BCUT2D eigenvalue weighted by molar-refractivity contribution is 5.37. The van der Waals surface area contributed by atoms with E-state index in [0.717, 1.165) is 12.4 Å². The lowest BCUT2D eigenvalue weighted by molar-refractivity contribution is 0.331. The zero-order valence-corrected chi connectivity index (χ0v) is 9.61. The van der Waals surface area contributed by atoms with Crippen molar-refractivity contribution in [2.75, 3.05) is 32.1 Å². The summed E-state index contributed by atoms with van der Waals surface area (Å²) in [5, 5.41) is 0. The first-order valence-corrected chi connectivity index (χ1v) is 5.60. The van der Waals surface area contributed by atoms with Crippen LogP contribution in [0.3, 0.4) is 0 Å². The van der Waals surface area contributed by atoms with E-state index in [4.69, 9.17) is 0 Å². The van der Waals surface area contributed by atoms with E-state index < -0.39 is 0 Å². The molecule has 0 N–H and O–H groups in total. The van der Waals surface area contributed by atoms with Crippen LogP contribution >= 0.6 is 0 Å². The molecular formula is C12H19N3. The third-order valence-corrected chi connectivity index (χ3v) is 2.87. The van der Waals surface area contributed by atoms with Crippen LogP contribution in [0.4, 0.5) is 5.82 Å². The van der Waals surface area contributed by atoms with Crippen molar-refractivity contribution in [3.8, 4) is 0 Å². The quantitative estimate of drug-likeness (QED) is 0.749. The lowest BCUT2D eigenvalue weighted by Gasteiger charge is -2.15. The van der Waals surface area contributed by atoms with Crippen molar-refractivity contribution in [1.82, 2.24) is 9.88 Å². The molecule has 1 fully saturated rings. The van der Waals surface area contributed by atoms with Crippen molar-refractivity contribution in [2.45, 2.75) is 19.4 Å². The number of hydrogen-bond acceptors (Lipinski definition) is 3. The second-order valence-electron chi connectivity index (χ2n) is 4.40. The number of likely N-dealkylation sites (tertiary alicyclic amines) is 1. The predicted molar refractivity (Wildman–Crippen MR) is 63.1 cm³/mol. The largest absolute Gasteiger partial charge is 0.363 e. The Morgan fingerprint density at radius 3 is 2.53 bits per heavy atom. The van der Waals surface area contributed by atoms with Gasteiger partial charge in [0.1, 0.15) is 5.82 Å². The van der Waals surface area contributed by atoms with E-state index in [1.807, 2.05) is 25.2 Å². The fraction of sp³-hybridized carbons (Fsp3) is 0.583. The molecule has 2 rings (SSSR count). The van der Waals surface area contributed by atoms with Crippen molar-refractivity contribution in [2.24, 2.45) is 0 Å². The molecule has 0 aromatic carbocycles. The molecule has 2 heterocycles. The molecule has 0 unspecified atom stereocenters. The minimum atomic E-state index is 1.03. The third-order valence-electron chi connectivity index (χ3n) is 2.87. The summed E-state index contributed by atoms with van der Waals surface area (Å²) in [6.45, 7) is 3.55. The van der Waals surface area contributed by atoms with Gasteiger partial charge in [0.05, 0.1) is 0 Å². The van der Waals surface area contributed by atoms with Crippen LogP contribution in [0.25, 0.3) is 0 Å².